The Bertz CT molecular complexity index is 241. The van der Waals surface area contributed by atoms with Crippen LogP contribution < -0.4 is 0 Å². The maximum Gasteiger partial charge on any atom is 0.0533 e. The lowest BCUT2D eigenvalue weighted by Crippen LogP contribution is -2.04. The molecular formula is C12H16O. The predicted octanol–water partition coefficient (Wildman–Crippen LogP) is 2.99. The van der Waals surface area contributed by atoms with E-state index < -0.39 is 0 Å². The predicted molar refractivity (Wildman–Crippen MR) is 55.9 cm³/mol. The molecule has 0 aliphatic rings. The lowest BCUT2D eigenvalue weighted by Gasteiger charge is -2.13. The first-order valence-electron chi connectivity index (χ1n) is 4.53. The highest BCUT2D eigenvalue weighted by Gasteiger charge is 2.07. The van der Waals surface area contributed by atoms with Crippen molar-refractivity contribution in [1.82, 2.24) is 0 Å². The molecule has 1 heteroatoms. The molecule has 0 N–H and O–H groups in total. The van der Waals surface area contributed by atoms with Gasteiger partial charge in [-0.15, -0.1) is 6.58 Å². The van der Waals surface area contributed by atoms with E-state index in [2.05, 4.69) is 30.8 Å². The van der Waals surface area contributed by atoms with E-state index in [4.69, 9.17) is 4.74 Å². The first kappa shape index (κ1) is 10.0. The summed E-state index contributed by atoms with van der Waals surface area (Å²) in [6.45, 7) is 4.51. The summed E-state index contributed by atoms with van der Waals surface area (Å²) < 4.78 is 5.16. The molecule has 0 amide bonds. The van der Waals surface area contributed by atoms with Crippen LogP contribution in [0.3, 0.4) is 0 Å². The molecule has 1 nitrogen and oxygen atoms in total. The first-order chi connectivity index (χ1) is 6.38. The summed E-state index contributed by atoms with van der Waals surface area (Å²) in [5.41, 5.74) is 1.32. The molecule has 0 aliphatic heterocycles. The van der Waals surface area contributed by atoms with E-state index in [1.54, 1.807) is 7.11 Å². The molecule has 70 valence electrons. The number of methoxy groups -OCH3 is 1. The van der Waals surface area contributed by atoms with Crippen molar-refractivity contribution >= 4 is 0 Å². The van der Waals surface area contributed by atoms with Crippen LogP contribution in [-0.4, -0.2) is 13.7 Å². The summed E-state index contributed by atoms with van der Waals surface area (Å²) in [5.74, 6) is 0.448. The van der Waals surface area contributed by atoms with Crippen molar-refractivity contribution in [2.45, 2.75) is 12.3 Å². The van der Waals surface area contributed by atoms with Gasteiger partial charge in [-0.1, -0.05) is 36.4 Å². The van der Waals surface area contributed by atoms with Gasteiger partial charge in [0.1, 0.15) is 0 Å². The molecule has 0 bridgehead atoms. The highest BCUT2D eigenvalue weighted by atomic mass is 16.5. The van der Waals surface area contributed by atoms with Crippen LogP contribution in [0.5, 0.6) is 0 Å². The molecule has 0 aliphatic carbocycles. The third-order valence-corrected chi connectivity index (χ3v) is 2.09. The first-order valence-corrected chi connectivity index (χ1v) is 4.53. The van der Waals surface area contributed by atoms with Gasteiger partial charge in [0.15, 0.2) is 0 Å². The molecule has 0 saturated heterocycles. The zero-order chi connectivity index (χ0) is 9.52. The molecular weight excluding hydrogens is 160 g/mol. The molecule has 0 radical (unpaired) electrons. The van der Waals surface area contributed by atoms with Crippen molar-refractivity contribution in [3.05, 3.63) is 48.6 Å². The third kappa shape index (κ3) is 3.03. The van der Waals surface area contributed by atoms with Crippen molar-refractivity contribution in [3.8, 4) is 0 Å². The molecule has 1 aromatic rings. The molecule has 0 aromatic heterocycles. The fourth-order valence-corrected chi connectivity index (χ4v) is 1.43. The average molecular weight is 176 g/mol. The van der Waals surface area contributed by atoms with Gasteiger partial charge in [0, 0.05) is 13.0 Å². The Labute approximate surface area is 80.0 Å². The molecule has 0 spiro atoms. The van der Waals surface area contributed by atoms with Crippen molar-refractivity contribution in [2.75, 3.05) is 13.7 Å². The molecule has 1 atom stereocenters. The van der Waals surface area contributed by atoms with Crippen LogP contribution in [0.25, 0.3) is 0 Å². The SMILES string of the molecule is C=CCC(COC)c1ccccc1. The van der Waals surface area contributed by atoms with Gasteiger partial charge in [-0.3, -0.25) is 0 Å². The fraction of sp³-hybridized carbons (Fsp3) is 0.333. The van der Waals surface area contributed by atoms with Gasteiger partial charge in [-0.25, -0.2) is 0 Å². The fourth-order valence-electron chi connectivity index (χ4n) is 1.43. The molecule has 1 aromatic carbocycles. The molecule has 1 unspecified atom stereocenters. The molecule has 1 rings (SSSR count). The van der Waals surface area contributed by atoms with Crippen LogP contribution in [0.1, 0.15) is 17.9 Å². The molecule has 0 heterocycles. The number of benzene rings is 1. The van der Waals surface area contributed by atoms with Crippen LogP contribution in [0, 0.1) is 0 Å². The highest BCUT2D eigenvalue weighted by Crippen LogP contribution is 2.19. The summed E-state index contributed by atoms with van der Waals surface area (Å²) in [6.07, 6.45) is 2.91. The van der Waals surface area contributed by atoms with E-state index in [0.29, 0.717) is 5.92 Å². The van der Waals surface area contributed by atoms with E-state index in [1.807, 2.05) is 12.1 Å². The molecule has 0 fully saturated rings. The van der Waals surface area contributed by atoms with Crippen molar-refractivity contribution in [2.24, 2.45) is 0 Å². The second kappa shape index (κ2) is 5.55. The Morgan fingerprint density at radius 2 is 2.08 bits per heavy atom. The minimum absolute atomic E-state index is 0.448. The number of allylic oxidation sites excluding steroid dienone is 1. The summed E-state index contributed by atoms with van der Waals surface area (Å²) in [5, 5.41) is 0. The topological polar surface area (TPSA) is 9.23 Å². The summed E-state index contributed by atoms with van der Waals surface area (Å²) in [4.78, 5) is 0. The normalized spacial score (nSPS) is 12.4. The second-order valence-electron chi connectivity index (χ2n) is 3.09. The average Bonchev–Trinajstić information content (AvgIpc) is 2.19. The van der Waals surface area contributed by atoms with E-state index in [9.17, 15) is 0 Å². The van der Waals surface area contributed by atoms with Crippen LogP contribution in [-0.2, 0) is 4.74 Å². The zero-order valence-corrected chi connectivity index (χ0v) is 8.07. The standard InChI is InChI=1S/C12H16O/c1-3-7-12(10-13-2)11-8-5-4-6-9-11/h3-6,8-9,12H,1,7,10H2,2H3. The van der Waals surface area contributed by atoms with Gasteiger partial charge < -0.3 is 4.74 Å². The smallest absolute Gasteiger partial charge is 0.0533 e. The Morgan fingerprint density at radius 1 is 1.38 bits per heavy atom. The van der Waals surface area contributed by atoms with Crippen LogP contribution in [0.15, 0.2) is 43.0 Å². The molecule has 13 heavy (non-hydrogen) atoms. The maximum atomic E-state index is 5.16. The largest absolute Gasteiger partial charge is 0.384 e. The minimum Gasteiger partial charge on any atom is -0.384 e. The van der Waals surface area contributed by atoms with Gasteiger partial charge in [-0.2, -0.15) is 0 Å². The highest BCUT2D eigenvalue weighted by molar-refractivity contribution is 5.20. The summed E-state index contributed by atoms with van der Waals surface area (Å²) >= 11 is 0. The van der Waals surface area contributed by atoms with E-state index in [0.717, 1.165) is 13.0 Å². The van der Waals surface area contributed by atoms with Crippen LogP contribution in [0.2, 0.25) is 0 Å². The summed E-state index contributed by atoms with van der Waals surface area (Å²) in [7, 11) is 1.74. The van der Waals surface area contributed by atoms with Crippen molar-refractivity contribution < 1.29 is 4.74 Å². The second-order valence-corrected chi connectivity index (χ2v) is 3.09. The maximum absolute atomic E-state index is 5.16. The Balaban J connectivity index is 2.69. The van der Waals surface area contributed by atoms with Crippen LogP contribution in [0.4, 0.5) is 0 Å². The van der Waals surface area contributed by atoms with Gasteiger partial charge in [-0.05, 0) is 12.0 Å². The third-order valence-electron chi connectivity index (χ3n) is 2.09. The van der Waals surface area contributed by atoms with E-state index in [1.165, 1.54) is 5.56 Å². The van der Waals surface area contributed by atoms with E-state index in [-0.39, 0.29) is 0 Å². The minimum atomic E-state index is 0.448. The van der Waals surface area contributed by atoms with Gasteiger partial charge in [0.25, 0.3) is 0 Å². The number of rotatable bonds is 5. The van der Waals surface area contributed by atoms with Gasteiger partial charge >= 0.3 is 0 Å². The lowest BCUT2D eigenvalue weighted by atomic mass is 9.97. The molecule has 0 saturated carbocycles. The van der Waals surface area contributed by atoms with Gasteiger partial charge in [0.05, 0.1) is 6.61 Å². The van der Waals surface area contributed by atoms with Crippen molar-refractivity contribution in [3.63, 3.8) is 0 Å². The Kier molecular flexibility index (Phi) is 4.27. The van der Waals surface area contributed by atoms with Gasteiger partial charge in [0.2, 0.25) is 0 Å². The number of hydrogen-bond acceptors (Lipinski definition) is 1. The Morgan fingerprint density at radius 3 is 2.62 bits per heavy atom. The number of hydrogen-bond donors (Lipinski definition) is 0. The lowest BCUT2D eigenvalue weighted by molar-refractivity contribution is 0.179. The monoisotopic (exact) mass is 176 g/mol. The number of ether oxygens (including phenoxy) is 1. The van der Waals surface area contributed by atoms with E-state index >= 15 is 0 Å². The quantitative estimate of drug-likeness (QED) is 0.627. The zero-order valence-electron chi connectivity index (χ0n) is 8.07. The van der Waals surface area contributed by atoms with Crippen molar-refractivity contribution in [1.29, 1.82) is 0 Å². The summed E-state index contributed by atoms with van der Waals surface area (Å²) in [6, 6.07) is 10.4. The Hall–Kier alpha value is -1.08. The van der Waals surface area contributed by atoms with Crippen LogP contribution >= 0.6 is 0 Å².